The van der Waals surface area contributed by atoms with Crippen molar-refractivity contribution in [3.8, 4) is 0 Å². The Kier molecular flexibility index (Phi) is 3.20. The van der Waals surface area contributed by atoms with Crippen LogP contribution in [0.2, 0.25) is 0 Å². The van der Waals surface area contributed by atoms with E-state index < -0.39 is 0 Å². The van der Waals surface area contributed by atoms with Crippen molar-refractivity contribution < 1.29 is 0 Å². The monoisotopic (exact) mass is 167 g/mol. The zero-order valence-corrected chi connectivity index (χ0v) is 8.02. The lowest BCUT2D eigenvalue weighted by Gasteiger charge is -2.31. The van der Waals surface area contributed by atoms with Gasteiger partial charge in [-0.15, -0.1) is 0 Å². The molecule has 0 aromatic carbocycles. The lowest BCUT2D eigenvalue weighted by molar-refractivity contribution is 0.318. The highest BCUT2D eigenvalue weighted by Crippen LogP contribution is 2.08. The van der Waals surface area contributed by atoms with Crippen molar-refractivity contribution in [2.45, 2.75) is 13.0 Å². The molecule has 1 fully saturated rings. The zero-order chi connectivity index (χ0) is 8.97. The molecule has 12 heavy (non-hydrogen) atoms. The van der Waals surface area contributed by atoms with E-state index in [-0.39, 0.29) is 0 Å². The van der Waals surface area contributed by atoms with Gasteiger partial charge in [-0.3, -0.25) is 0 Å². The van der Waals surface area contributed by atoms with E-state index in [1.165, 1.54) is 5.70 Å². The van der Waals surface area contributed by atoms with Gasteiger partial charge in [-0.2, -0.15) is 0 Å². The Hall–Kier alpha value is -0.920. The summed E-state index contributed by atoms with van der Waals surface area (Å²) < 4.78 is 0. The molecule has 0 aromatic rings. The van der Waals surface area contributed by atoms with Crippen LogP contribution < -0.4 is 10.6 Å². The molecule has 1 aliphatic rings. The lowest BCUT2D eigenvalue weighted by atomic mass is 10.2. The second kappa shape index (κ2) is 4.19. The van der Waals surface area contributed by atoms with Gasteiger partial charge < -0.3 is 15.5 Å². The van der Waals surface area contributed by atoms with Gasteiger partial charge in [0.15, 0.2) is 0 Å². The number of nitrogens with zero attached hydrogens (tertiary/aromatic N) is 1. The molecule has 0 unspecified atom stereocenters. The van der Waals surface area contributed by atoms with Gasteiger partial charge in [0.05, 0.1) is 11.7 Å². The van der Waals surface area contributed by atoms with Crippen molar-refractivity contribution in [2.75, 3.05) is 27.2 Å². The Balaban J connectivity index is 2.75. The highest BCUT2D eigenvalue weighted by atomic mass is 15.2. The Morgan fingerprint density at radius 1 is 1.75 bits per heavy atom. The summed E-state index contributed by atoms with van der Waals surface area (Å²) in [5.74, 6) is 0. The molecule has 68 valence electrons. The number of hydrogen-bond acceptors (Lipinski definition) is 3. The molecule has 1 rings (SSSR count). The smallest absolute Gasteiger partial charge is 0.0746 e. The molecule has 3 nitrogen and oxygen atoms in total. The molecule has 0 bridgehead atoms. The standard InChI is InChI=1S/C9H17N3/c1-8-9(4-5-10-2)12(3)7-6-11-8/h5,8,10-11H,6-7H2,1-3H3/t4?,8-/m1/s1. The lowest BCUT2D eigenvalue weighted by Crippen LogP contribution is -2.45. The fourth-order valence-electron chi connectivity index (χ4n) is 1.38. The third-order valence-electron chi connectivity index (χ3n) is 2.08. The molecule has 3 heteroatoms. The molecule has 0 aromatic heterocycles. The van der Waals surface area contributed by atoms with E-state index in [0.29, 0.717) is 6.04 Å². The van der Waals surface area contributed by atoms with Crippen molar-refractivity contribution in [1.29, 1.82) is 0 Å². The van der Waals surface area contributed by atoms with Gasteiger partial charge in [-0.1, -0.05) is 5.73 Å². The molecule has 1 atom stereocenters. The SMILES string of the molecule is CNC=C=C1[C@@H](C)NCCN1C. The average Bonchev–Trinajstić information content (AvgIpc) is 2.04. The highest BCUT2D eigenvalue weighted by Gasteiger charge is 2.16. The largest absolute Gasteiger partial charge is 0.388 e. The van der Waals surface area contributed by atoms with Crippen LogP contribution in [0.4, 0.5) is 0 Å². The number of likely N-dealkylation sites (N-methyl/N-ethyl adjacent to an activating group) is 1. The predicted octanol–water partition coefficient (Wildman–Crippen LogP) is 0.126. The Morgan fingerprint density at radius 2 is 2.50 bits per heavy atom. The summed E-state index contributed by atoms with van der Waals surface area (Å²) in [7, 11) is 3.98. The van der Waals surface area contributed by atoms with Crippen molar-refractivity contribution in [3.05, 3.63) is 17.6 Å². The molecule has 1 heterocycles. The van der Waals surface area contributed by atoms with Gasteiger partial charge in [-0.25, -0.2) is 0 Å². The summed E-state index contributed by atoms with van der Waals surface area (Å²) in [6.45, 7) is 4.27. The minimum Gasteiger partial charge on any atom is -0.388 e. The van der Waals surface area contributed by atoms with E-state index in [4.69, 9.17) is 0 Å². The van der Waals surface area contributed by atoms with Crippen molar-refractivity contribution in [2.24, 2.45) is 0 Å². The highest BCUT2D eigenvalue weighted by molar-refractivity contribution is 5.09. The summed E-state index contributed by atoms with van der Waals surface area (Å²) in [6.07, 6.45) is 1.84. The van der Waals surface area contributed by atoms with E-state index in [2.05, 4.69) is 35.2 Å². The number of nitrogens with one attached hydrogen (secondary N) is 2. The van der Waals surface area contributed by atoms with Gasteiger partial charge in [-0.05, 0) is 6.92 Å². The van der Waals surface area contributed by atoms with E-state index in [0.717, 1.165) is 13.1 Å². The minimum absolute atomic E-state index is 0.411. The van der Waals surface area contributed by atoms with E-state index >= 15 is 0 Å². The molecular formula is C9H17N3. The summed E-state index contributed by atoms with van der Waals surface area (Å²) in [5, 5.41) is 6.33. The predicted molar refractivity (Wildman–Crippen MR) is 50.8 cm³/mol. The van der Waals surface area contributed by atoms with Crippen LogP contribution in [0.1, 0.15) is 6.92 Å². The maximum atomic E-state index is 3.38. The molecule has 2 N–H and O–H groups in total. The number of piperazine rings is 1. The van der Waals surface area contributed by atoms with Gasteiger partial charge in [0.1, 0.15) is 0 Å². The molecule has 1 aliphatic heterocycles. The van der Waals surface area contributed by atoms with Crippen LogP contribution in [0, 0.1) is 0 Å². The fourth-order valence-corrected chi connectivity index (χ4v) is 1.38. The van der Waals surface area contributed by atoms with Crippen LogP contribution in [0.25, 0.3) is 0 Å². The third-order valence-corrected chi connectivity index (χ3v) is 2.08. The second-order valence-corrected chi connectivity index (χ2v) is 3.06. The van der Waals surface area contributed by atoms with Gasteiger partial charge >= 0.3 is 0 Å². The molecule has 0 spiro atoms. The number of rotatable bonds is 1. The Bertz CT molecular complexity index is 192. The first kappa shape index (κ1) is 9.17. The van der Waals surface area contributed by atoms with Crippen molar-refractivity contribution >= 4 is 0 Å². The topological polar surface area (TPSA) is 27.3 Å². The average molecular weight is 167 g/mol. The third kappa shape index (κ3) is 2.03. The summed E-state index contributed by atoms with van der Waals surface area (Å²) in [4.78, 5) is 2.23. The van der Waals surface area contributed by atoms with Crippen LogP contribution in [0.3, 0.4) is 0 Å². The van der Waals surface area contributed by atoms with E-state index in [9.17, 15) is 0 Å². The first-order chi connectivity index (χ1) is 5.75. The van der Waals surface area contributed by atoms with Gasteiger partial charge in [0, 0.05) is 33.4 Å². The molecule has 0 saturated carbocycles. The molecule has 0 radical (unpaired) electrons. The number of hydrogen-bond donors (Lipinski definition) is 2. The first-order valence-corrected chi connectivity index (χ1v) is 4.32. The first-order valence-electron chi connectivity index (χ1n) is 4.32. The van der Waals surface area contributed by atoms with Gasteiger partial charge in [0.2, 0.25) is 0 Å². The quantitative estimate of drug-likeness (QED) is 0.543. The summed E-state index contributed by atoms with van der Waals surface area (Å²) >= 11 is 0. The fraction of sp³-hybridized carbons (Fsp3) is 0.667. The molecule has 0 amide bonds. The maximum Gasteiger partial charge on any atom is 0.0746 e. The Morgan fingerprint density at radius 3 is 3.08 bits per heavy atom. The minimum atomic E-state index is 0.411. The summed E-state index contributed by atoms with van der Waals surface area (Å²) in [5.41, 5.74) is 4.43. The summed E-state index contributed by atoms with van der Waals surface area (Å²) in [6, 6.07) is 0.411. The molecule has 1 saturated heterocycles. The van der Waals surface area contributed by atoms with Gasteiger partial charge in [0.25, 0.3) is 0 Å². The Labute approximate surface area is 74.1 Å². The van der Waals surface area contributed by atoms with Crippen LogP contribution >= 0.6 is 0 Å². The van der Waals surface area contributed by atoms with Crippen molar-refractivity contribution in [3.63, 3.8) is 0 Å². The van der Waals surface area contributed by atoms with E-state index in [1.807, 2.05) is 13.2 Å². The van der Waals surface area contributed by atoms with Crippen LogP contribution in [0.15, 0.2) is 17.6 Å². The van der Waals surface area contributed by atoms with Crippen LogP contribution in [0.5, 0.6) is 0 Å². The normalized spacial score (nSPS) is 23.4. The molecular weight excluding hydrogens is 150 g/mol. The van der Waals surface area contributed by atoms with Crippen LogP contribution in [-0.4, -0.2) is 38.1 Å². The van der Waals surface area contributed by atoms with Crippen LogP contribution in [-0.2, 0) is 0 Å². The zero-order valence-electron chi connectivity index (χ0n) is 8.02. The maximum absolute atomic E-state index is 3.38. The van der Waals surface area contributed by atoms with Crippen molar-refractivity contribution in [1.82, 2.24) is 15.5 Å². The second-order valence-electron chi connectivity index (χ2n) is 3.06. The van der Waals surface area contributed by atoms with E-state index in [1.54, 1.807) is 0 Å². The molecule has 0 aliphatic carbocycles.